The molecule has 0 amide bonds. The quantitative estimate of drug-likeness (QED) is 0.237. The first kappa shape index (κ1) is 16.6. The molecule has 2 heterocycles. The third kappa shape index (κ3) is 2.30. The van der Waals surface area contributed by atoms with Gasteiger partial charge in [-0.05, 0) is 48.0 Å². The average Bonchev–Trinajstić information content (AvgIpc) is 3.26. The molecule has 0 aliphatic rings. The minimum absolute atomic E-state index is 0.733. The Balaban J connectivity index is 1.75. The van der Waals surface area contributed by atoms with E-state index in [2.05, 4.69) is 58.4 Å². The Kier molecular flexibility index (Phi) is 3.61. The van der Waals surface area contributed by atoms with Crippen LogP contribution in [0.2, 0.25) is 5.02 Å². The van der Waals surface area contributed by atoms with Crippen LogP contribution in [0, 0.1) is 0 Å². The van der Waals surface area contributed by atoms with E-state index in [9.17, 15) is 0 Å². The standard InChI is InChI=1S/C24H12BrClOS/c25-16-5-3-7-21-23(16)15-12-13(8-11-20(15)28-21)22-17(26)9-10-19-24(22)14-4-1-2-6-18(14)27-19/h1-12H. The molecule has 0 unspecified atom stereocenters. The van der Waals surface area contributed by atoms with Gasteiger partial charge in [0.05, 0.1) is 0 Å². The molecule has 0 fully saturated rings. The van der Waals surface area contributed by atoms with Crippen LogP contribution in [-0.4, -0.2) is 0 Å². The molecule has 0 radical (unpaired) electrons. The van der Waals surface area contributed by atoms with Crippen molar-refractivity contribution in [2.24, 2.45) is 0 Å². The van der Waals surface area contributed by atoms with E-state index in [0.29, 0.717) is 0 Å². The lowest BCUT2D eigenvalue weighted by atomic mass is 9.98. The Hall–Kier alpha value is -2.33. The molecule has 0 saturated heterocycles. The third-order valence-corrected chi connectivity index (χ3v) is 7.34. The summed E-state index contributed by atoms with van der Waals surface area (Å²) in [5.74, 6) is 0. The van der Waals surface area contributed by atoms with Gasteiger partial charge in [-0.25, -0.2) is 0 Å². The molecule has 4 heteroatoms. The van der Waals surface area contributed by atoms with Crippen LogP contribution in [0.25, 0.3) is 53.2 Å². The van der Waals surface area contributed by atoms with Gasteiger partial charge in [0.2, 0.25) is 0 Å². The van der Waals surface area contributed by atoms with E-state index in [1.54, 1.807) is 0 Å². The zero-order chi connectivity index (χ0) is 18.8. The Morgan fingerprint density at radius 3 is 2.57 bits per heavy atom. The van der Waals surface area contributed by atoms with Gasteiger partial charge >= 0.3 is 0 Å². The number of fused-ring (bicyclic) bond motifs is 6. The van der Waals surface area contributed by atoms with Gasteiger partial charge in [0.1, 0.15) is 11.2 Å². The fourth-order valence-corrected chi connectivity index (χ4v) is 6.10. The van der Waals surface area contributed by atoms with Crippen molar-refractivity contribution in [3.8, 4) is 11.1 Å². The van der Waals surface area contributed by atoms with Crippen molar-refractivity contribution >= 4 is 81.0 Å². The van der Waals surface area contributed by atoms with Crippen molar-refractivity contribution in [1.82, 2.24) is 0 Å². The molecule has 0 saturated carbocycles. The Morgan fingerprint density at radius 2 is 1.64 bits per heavy atom. The van der Waals surface area contributed by atoms with Crippen LogP contribution in [0.4, 0.5) is 0 Å². The van der Waals surface area contributed by atoms with E-state index in [4.69, 9.17) is 16.0 Å². The maximum Gasteiger partial charge on any atom is 0.136 e. The van der Waals surface area contributed by atoms with Crippen LogP contribution in [-0.2, 0) is 0 Å². The van der Waals surface area contributed by atoms with Gasteiger partial charge < -0.3 is 4.42 Å². The molecular formula is C24H12BrClOS. The van der Waals surface area contributed by atoms with E-state index in [1.165, 1.54) is 20.2 Å². The number of furan rings is 1. The van der Waals surface area contributed by atoms with Crippen LogP contribution in [0.5, 0.6) is 0 Å². The largest absolute Gasteiger partial charge is 0.456 e. The van der Waals surface area contributed by atoms with Crippen molar-refractivity contribution in [2.75, 3.05) is 0 Å². The lowest BCUT2D eigenvalue weighted by Crippen LogP contribution is -1.82. The molecule has 134 valence electrons. The summed E-state index contributed by atoms with van der Waals surface area (Å²) in [6.07, 6.45) is 0. The second-order valence-corrected chi connectivity index (χ2v) is 9.17. The molecule has 0 spiro atoms. The normalized spacial score (nSPS) is 11.9. The highest BCUT2D eigenvalue weighted by Crippen LogP contribution is 2.44. The van der Waals surface area contributed by atoms with Crippen LogP contribution < -0.4 is 0 Å². The molecule has 6 aromatic rings. The summed E-state index contributed by atoms with van der Waals surface area (Å²) >= 11 is 12.3. The fourth-order valence-electron chi connectivity index (χ4n) is 4.01. The molecular weight excluding hydrogens is 452 g/mol. The van der Waals surface area contributed by atoms with Gasteiger partial charge in [-0.15, -0.1) is 11.3 Å². The fraction of sp³-hybridized carbons (Fsp3) is 0. The molecule has 0 atom stereocenters. The highest BCUT2D eigenvalue weighted by atomic mass is 79.9. The maximum absolute atomic E-state index is 6.72. The summed E-state index contributed by atoms with van der Waals surface area (Å²) in [6.45, 7) is 0. The minimum atomic E-state index is 0.733. The molecule has 4 aromatic carbocycles. The summed E-state index contributed by atoms with van der Waals surface area (Å²) in [6, 6.07) is 25.0. The van der Waals surface area contributed by atoms with Gasteiger partial charge in [-0.3, -0.25) is 0 Å². The predicted octanol–water partition coefficient (Wildman–Crippen LogP) is 9.04. The first-order valence-electron chi connectivity index (χ1n) is 8.91. The number of hydrogen-bond donors (Lipinski definition) is 0. The minimum Gasteiger partial charge on any atom is -0.456 e. The van der Waals surface area contributed by atoms with Gasteiger partial charge in [0.15, 0.2) is 0 Å². The monoisotopic (exact) mass is 462 g/mol. The summed E-state index contributed by atoms with van der Waals surface area (Å²) in [7, 11) is 0. The first-order chi connectivity index (χ1) is 13.7. The second kappa shape index (κ2) is 6.08. The van der Waals surface area contributed by atoms with Gasteiger partial charge in [-0.2, -0.15) is 0 Å². The average molecular weight is 464 g/mol. The number of benzene rings is 4. The SMILES string of the molecule is Clc1ccc2oc3ccccc3c2c1-c1ccc2sc3cccc(Br)c3c2c1. The zero-order valence-corrected chi connectivity index (χ0v) is 17.7. The third-order valence-electron chi connectivity index (χ3n) is 5.23. The molecule has 1 nitrogen and oxygen atoms in total. The number of halogens is 2. The summed E-state index contributed by atoms with van der Waals surface area (Å²) in [4.78, 5) is 0. The maximum atomic E-state index is 6.72. The Bertz CT molecular complexity index is 1540. The van der Waals surface area contributed by atoms with Crippen LogP contribution in [0.1, 0.15) is 0 Å². The summed E-state index contributed by atoms with van der Waals surface area (Å²) in [5.41, 5.74) is 3.87. The smallest absolute Gasteiger partial charge is 0.136 e. The number of rotatable bonds is 1. The topological polar surface area (TPSA) is 13.1 Å². The van der Waals surface area contributed by atoms with Crippen molar-refractivity contribution in [3.05, 3.63) is 82.3 Å². The second-order valence-electron chi connectivity index (χ2n) is 6.82. The summed E-state index contributed by atoms with van der Waals surface area (Å²) in [5, 5.41) is 5.39. The van der Waals surface area contributed by atoms with E-state index in [0.717, 1.165) is 42.6 Å². The number of hydrogen-bond acceptors (Lipinski definition) is 2. The van der Waals surface area contributed by atoms with Crippen molar-refractivity contribution in [2.45, 2.75) is 0 Å². The van der Waals surface area contributed by atoms with E-state index < -0.39 is 0 Å². The lowest BCUT2D eigenvalue weighted by molar-refractivity contribution is 0.669. The number of para-hydroxylation sites is 1. The lowest BCUT2D eigenvalue weighted by Gasteiger charge is -2.07. The highest BCUT2D eigenvalue weighted by Gasteiger charge is 2.17. The van der Waals surface area contributed by atoms with Crippen molar-refractivity contribution < 1.29 is 4.42 Å². The van der Waals surface area contributed by atoms with Gasteiger partial charge in [0, 0.05) is 46.0 Å². The highest BCUT2D eigenvalue weighted by molar-refractivity contribution is 9.10. The predicted molar refractivity (Wildman–Crippen MR) is 125 cm³/mol. The molecule has 2 aromatic heterocycles. The van der Waals surface area contributed by atoms with Crippen LogP contribution in [0.15, 0.2) is 81.7 Å². The molecule has 0 aliphatic heterocycles. The van der Waals surface area contributed by atoms with Crippen LogP contribution >= 0.6 is 38.9 Å². The van der Waals surface area contributed by atoms with Crippen molar-refractivity contribution in [3.63, 3.8) is 0 Å². The van der Waals surface area contributed by atoms with E-state index >= 15 is 0 Å². The molecule has 0 N–H and O–H groups in total. The van der Waals surface area contributed by atoms with Gasteiger partial charge in [0.25, 0.3) is 0 Å². The zero-order valence-electron chi connectivity index (χ0n) is 14.5. The number of thiophene rings is 1. The first-order valence-corrected chi connectivity index (χ1v) is 10.9. The summed E-state index contributed by atoms with van der Waals surface area (Å²) < 4.78 is 9.73. The van der Waals surface area contributed by atoms with Crippen molar-refractivity contribution in [1.29, 1.82) is 0 Å². The van der Waals surface area contributed by atoms with E-state index in [-0.39, 0.29) is 0 Å². The molecule has 6 rings (SSSR count). The Morgan fingerprint density at radius 1 is 0.750 bits per heavy atom. The Labute approximate surface area is 178 Å². The molecule has 0 aliphatic carbocycles. The molecule has 0 bridgehead atoms. The van der Waals surface area contributed by atoms with Gasteiger partial charge in [-0.1, -0.05) is 57.9 Å². The van der Waals surface area contributed by atoms with Crippen LogP contribution in [0.3, 0.4) is 0 Å². The van der Waals surface area contributed by atoms with E-state index in [1.807, 2.05) is 41.7 Å². The molecule has 28 heavy (non-hydrogen) atoms.